The van der Waals surface area contributed by atoms with Gasteiger partial charge in [0, 0.05) is 12.7 Å². The number of halogens is 1. The molecule has 0 saturated carbocycles. The third kappa shape index (κ3) is 4.43. The summed E-state index contributed by atoms with van der Waals surface area (Å²) in [7, 11) is 0. The average molecular weight is 347 g/mol. The number of aromatic nitrogens is 2. The maximum absolute atomic E-state index is 12.0. The molecule has 3 N–H and O–H groups in total. The molecule has 1 amide bonds. The van der Waals surface area contributed by atoms with E-state index in [4.69, 9.17) is 4.74 Å². The molecule has 2 rings (SSSR count). The lowest BCUT2D eigenvalue weighted by molar-refractivity contribution is -0.152. The number of nitrogens with zero attached hydrogens (tertiary/aromatic N) is 2. The highest BCUT2D eigenvalue weighted by atomic mass is 35.5. The number of esters is 1. The summed E-state index contributed by atoms with van der Waals surface area (Å²) < 4.78 is 6.48. The van der Waals surface area contributed by atoms with E-state index in [1.54, 1.807) is 27.0 Å². The molecule has 1 fully saturated rings. The zero-order valence-corrected chi connectivity index (χ0v) is 14.2. The Balaban J connectivity index is 0.00000264. The lowest BCUT2D eigenvalue weighted by Crippen LogP contribution is -2.38. The first-order valence-electron chi connectivity index (χ1n) is 7.29. The molecule has 23 heavy (non-hydrogen) atoms. The van der Waals surface area contributed by atoms with E-state index in [2.05, 4.69) is 15.7 Å². The highest BCUT2D eigenvalue weighted by Crippen LogP contribution is 2.19. The van der Waals surface area contributed by atoms with E-state index in [1.807, 2.05) is 0 Å². The van der Waals surface area contributed by atoms with E-state index < -0.39 is 23.7 Å². The largest absolute Gasteiger partial charge is 0.464 e. The van der Waals surface area contributed by atoms with Crippen LogP contribution >= 0.6 is 12.4 Å². The van der Waals surface area contributed by atoms with Crippen molar-refractivity contribution in [2.75, 3.05) is 18.5 Å². The molecule has 9 heteroatoms. The molecule has 130 valence electrons. The summed E-state index contributed by atoms with van der Waals surface area (Å²) in [5.74, 6) is -0.624. The van der Waals surface area contributed by atoms with Crippen molar-refractivity contribution in [2.45, 2.75) is 44.9 Å². The number of carbonyl (C=O) groups excluding carboxylic acids is 2. The number of β-amino-alcohol motifs (C(OH)–C–C–N with tert-alkyl or cyclic N) is 1. The topological polar surface area (TPSA) is 105 Å². The van der Waals surface area contributed by atoms with Crippen LogP contribution in [0.25, 0.3) is 0 Å². The van der Waals surface area contributed by atoms with Crippen molar-refractivity contribution in [1.82, 2.24) is 15.1 Å². The first-order chi connectivity index (χ1) is 10.3. The van der Waals surface area contributed by atoms with E-state index in [9.17, 15) is 14.7 Å². The molecular weight excluding hydrogens is 324 g/mol. The van der Waals surface area contributed by atoms with E-state index in [0.29, 0.717) is 25.3 Å². The second-order valence-electron chi connectivity index (χ2n) is 5.79. The Morgan fingerprint density at radius 1 is 1.57 bits per heavy atom. The van der Waals surface area contributed by atoms with Gasteiger partial charge in [-0.15, -0.1) is 12.4 Å². The minimum atomic E-state index is -0.958. The standard InChI is InChI=1S/C14H22N4O4.ClH/c1-4-22-13(21)14(2,3)18-8-9(6-16-18)17-12(20)11-5-10(19)7-15-11;/h6,8,10-11,15,19H,4-5,7H2,1-3H3,(H,17,20);1H. The second kappa shape index (κ2) is 7.76. The number of ether oxygens (including phenoxy) is 1. The number of nitrogens with one attached hydrogen (secondary N) is 2. The molecule has 0 aromatic carbocycles. The van der Waals surface area contributed by atoms with Gasteiger partial charge in [-0.2, -0.15) is 5.10 Å². The summed E-state index contributed by atoms with van der Waals surface area (Å²) in [6.07, 6.45) is 2.94. The van der Waals surface area contributed by atoms with Crippen LogP contribution in [0.15, 0.2) is 12.4 Å². The first kappa shape index (κ1) is 19.4. The fourth-order valence-corrected chi connectivity index (χ4v) is 2.24. The number of amides is 1. The number of hydrogen-bond acceptors (Lipinski definition) is 6. The van der Waals surface area contributed by atoms with Gasteiger partial charge in [0.05, 0.1) is 30.6 Å². The van der Waals surface area contributed by atoms with E-state index in [-0.39, 0.29) is 18.3 Å². The van der Waals surface area contributed by atoms with Crippen molar-refractivity contribution < 1.29 is 19.4 Å². The Kier molecular flexibility index (Phi) is 6.55. The van der Waals surface area contributed by atoms with Crippen LogP contribution in [0.4, 0.5) is 5.69 Å². The maximum atomic E-state index is 12.0. The molecule has 2 unspecified atom stereocenters. The lowest BCUT2D eigenvalue weighted by atomic mass is 10.1. The fourth-order valence-electron chi connectivity index (χ4n) is 2.24. The van der Waals surface area contributed by atoms with Gasteiger partial charge in [0.1, 0.15) is 0 Å². The molecule has 2 heterocycles. The lowest BCUT2D eigenvalue weighted by Gasteiger charge is -2.22. The zero-order valence-electron chi connectivity index (χ0n) is 13.4. The van der Waals surface area contributed by atoms with Crippen LogP contribution in [-0.4, -0.2) is 52.1 Å². The molecule has 1 aliphatic heterocycles. The minimum absolute atomic E-state index is 0. The maximum Gasteiger partial charge on any atom is 0.333 e. The van der Waals surface area contributed by atoms with Crippen LogP contribution in [0.5, 0.6) is 0 Å². The highest BCUT2D eigenvalue weighted by molar-refractivity contribution is 5.94. The Morgan fingerprint density at radius 2 is 2.26 bits per heavy atom. The van der Waals surface area contributed by atoms with Gasteiger partial charge in [-0.05, 0) is 27.2 Å². The smallest absolute Gasteiger partial charge is 0.333 e. The van der Waals surface area contributed by atoms with Crippen LogP contribution in [0.2, 0.25) is 0 Å². The Morgan fingerprint density at radius 3 is 2.83 bits per heavy atom. The molecule has 1 aromatic rings. The molecule has 2 atom stereocenters. The summed E-state index contributed by atoms with van der Waals surface area (Å²) in [6, 6.07) is -0.420. The number of hydrogen-bond donors (Lipinski definition) is 3. The van der Waals surface area contributed by atoms with Crippen LogP contribution in [0.3, 0.4) is 0 Å². The molecule has 0 bridgehead atoms. The summed E-state index contributed by atoms with van der Waals surface area (Å²) >= 11 is 0. The van der Waals surface area contributed by atoms with Gasteiger partial charge in [0.25, 0.3) is 0 Å². The summed E-state index contributed by atoms with van der Waals surface area (Å²) in [5, 5.41) is 19.2. The summed E-state index contributed by atoms with van der Waals surface area (Å²) in [4.78, 5) is 24.0. The van der Waals surface area contributed by atoms with Crippen molar-refractivity contribution in [3.05, 3.63) is 12.4 Å². The van der Waals surface area contributed by atoms with Gasteiger partial charge in [-0.25, -0.2) is 4.79 Å². The second-order valence-corrected chi connectivity index (χ2v) is 5.79. The van der Waals surface area contributed by atoms with Gasteiger partial charge in [0.15, 0.2) is 5.54 Å². The number of rotatable bonds is 5. The van der Waals surface area contributed by atoms with Crippen molar-refractivity contribution in [3.8, 4) is 0 Å². The number of aliphatic hydroxyl groups is 1. The monoisotopic (exact) mass is 346 g/mol. The molecule has 8 nitrogen and oxygen atoms in total. The van der Waals surface area contributed by atoms with Crippen molar-refractivity contribution in [3.63, 3.8) is 0 Å². The zero-order chi connectivity index (χ0) is 16.3. The van der Waals surface area contributed by atoms with Gasteiger partial charge >= 0.3 is 5.97 Å². The predicted octanol–water partition coefficient (Wildman–Crippen LogP) is 0.264. The third-order valence-electron chi connectivity index (χ3n) is 3.62. The number of aliphatic hydroxyl groups excluding tert-OH is 1. The van der Waals surface area contributed by atoms with Crippen molar-refractivity contribution in [2.24, 2.45) is 0 Å². The van der Waals surface area contributed by atoms with Gasteiger partial charge in [-0.3, -0.25) is 9.48 Å². The molecular formula is C14H23ClN4O4. The highest BCUT2D eigenvalue weighted by Gasteiger charge is 2.33. The molecule has 0 spiro atoms. The molecule has 0 aliphatic carbocycles. The quantitative estimate of drug-likeness (QED) is 0.661. The number of carbonyl (C=O) groups is 2. The first-order valence-corrected chi connectivity index (χ1v) is 7.29. The van der Waals surface area contributed by atoms with Crippen LogP contribution < -0.4 is 10.6 Å². The normalized spacial score (nSPS) is 20.7. The molecule has 1 aliphatic rings. The summed E-state index contributed by atoms with van der Waals surface area (Å²) in [5.41, 5.74) is -0.466. The van der Waals surface area contributed by atoms with Gasteiger partial charge in [-0.1, -0.05) is 0 Å². The molecule has 1 aromatic heterocycles. The predicted molar refractivity (Wildman–Crippen MR) is 86.5 cm³/mol. The van der Waals surface area contributed by atoms with Gasteiger partial charge < -0.3 is 20.5 Å². The van der Waals surface area contributed by atoms with Gasteiger partial charge in [0.2, 0.25) is 5.91 Å². The van der Waals surface area contributed by atoms with Crippen LogP contribution in [0, 0.1) is 0 Å². The Labute approximate surface area is 141 Å². The Hall–Kier alpha value is -1.64. The van der Waals surface area contributed by atoms with E-state index >= 15 is 0 Å². The van der Waals surface area contributed by atoms with E-state index in [0.717, 1.165) is 0 Å². The third-order valence-corrected chi connectivity index (χ3v) is 3.62. The van der Waals surface area contributed by atoms with Crippen LogP contribution in [-0.2, 0) is 19.9 Å². The summed E-state index contributed by atoms with van der Waals surface area (Å²) in [6.45, 7) is 5.83. The average Bonchev–Trinajstić information content (AvgIpc) is 3.08. The van der Waals surface area contributed by atoms with E-state index in [1.165, 1.54) is 10.9 Å². The van der Waals surface area contributed by atoms with Crippen molar-refractivity contribution >= 4 is 30.0 Å². The number of anilines is 1. The van der Waals surface area contributed by atoms with Crippen LogP contribution in [0.1, 0.15) is 27.2 Å². The van der Waals surface area contributed by atoms with Crippen molar-refractivity contribution in [1.29, 1.82) is 0 Å². The molecule has 0 radical (unpaired) electrons. The SMILES string of the molecule is CCOC(=O)C(C)(C)n1cc(NC(=O)C2CC(O)CN2)cn1.Cl. The Bertz CT molecular complexity index is 561. The fraction of sp³-hybridized carbons (Fsp3) is 0.643. The molecule has 1 saturated heterocycles. The minimum Gasteiger partial charge on any atom is -0.464 e.